The zero-order valence-electron chi connectivity index (χ0n) is 15.9. The topological polar surface area (TPSA) is 84.9 Å². The predicted molar refractivity (Wildman–Crippen MR) is 108 cm³/mol. The van der Waals surface area contributed by atoms with Gasteiger partial charge in [-0.1, -0.05) is 41.9 Å². The van der Waals surface area contributed by atoms with Gasteiger partial charge in [0.15, 0.2) is 13.2 Å². The number of rotatable bonds is 7. The van der Waals surface area contributed by atoms with Gasteiger partial charge in [0.25, 0.3) is 11.8 Å². The summed E-state index contributed by atoms with van der Waals surface area (Å²) < 4.78 is 10.4. The Morgan fingerprint density at radius 1 is 1.21 bits per heavy atom. The predicted octanol–water partition coefficient (Wildman–Crippen LogP) is 2.88. The van der Waals surface area contributed by atoms with Crippen molar-refractivity contribution in [3.05, 3.63) is 59.1 Å². The third kappa shape index (κ3) is 5.26. The van der Waals surface area contributed by atoms with Gasteiger partial charge >= 0.3 is 5.97 Å². The van der Waals surface area contributed by atoms with Crippen molar-refractivity contribution in [1.29, 1.82) is 0 Å². The molecule has 0 radical (unpaired) electrons. The average molecular weight is 417 g/mol. The molecule has 0 bridgehead atoms. The molecular weight excluding hydrogens is 396 g/mol. The zero-order chi connectivity index (χ0) is 20.8. The fraction of sp³-hybridized carbons (Fsp3) is 0.286. The number of hydrogen-bond donors (Lipinski definition) is 1. The molecular formula is C21H21ClN2O5. The molecule has 0 fully saturated rings. The van der Waals surface area contributed by atoms with Crippen molar-refractivity contribution in [2.24, 2.45) is 0 Å². The summed E-state index contributed by atoms with van der Waals surface area (Å²) in [6, 6.07) is 14.0. The van der Waals surface area contributed by atoms with Crippen LogP contribution in [0.15, 0.2) is 48.5 Å². The maximum atomic E-state index is 12.1. The first-order valence-electron chi connectivity index (χ1n) is 9.17. The second-order valence-electron chi connectivity index (χ2n) is 6.52. The summed E-state index contributed by atoms with van der Waals surface area (Å²) >= 11 is 6.12. The van der Waals surface area contributed by atoms with E-state index in [2.05, 4.69) is 5.32 Å². The van der Waals surface area contributed by atoms with E-state index in [1.165, 1.54) is 4.90 Å². The van der Waals surface area contributed by atoms with Gasteiger partial charge in [-0.05, 0) is 30.7 Å². The van der Waals surface area contributed by atoms with Crippen LogP contribution in [0.5, 0.6) is 5.75 Å². The Labute approximate surface area is 173 Å². The molecule has 0 saturated heterocycles. The summed E-state index contributed by atoms with van der Waals surface area (Å²) in [6.07, 6.45) is -0.0343. The number of para-hydroxylation sites is 2. The smallest absolute Gasteiger partial charge is 0.308 e. The number of carbonyl (C=O) groups is 3. The lowest BCUT2D eigenvalue weighted by atomic mass is 10.1. The Bertz CT molecular complexity index is 917. The van der Waals surface area contributed by atoms with Crippen LogP contribution in [0.1, 0.15) is 24.9 Å². The molecule has 2 aromatic carbocycles. The zero-order valence-corrected chi connectivity index (χ0v) is 16.6. The Balaban J connectivity index is 1.46. The number of ether oxygens (including phenoxy) is 2. The molecule has 152 valence electrons. The minimum atomic E-state index is -0.567. The number of esters is 1. The quantitative estimate of drug-likeness (QED) is 0.701. The fourth-order valence-corrected chi connectivity index (χ4v) is 3.31. The van der Waals surface area contributed by atoms with E-state index in [0.717, 1.165) is 5.56 Å². The van der Waals surface area contributed by atoms with Crippen LogP contribution < -0.4 is 15.0 Å². The van der Waals surface area contributed by atoms with E-state index in [-0.39, 0.29) is 31.5 Å². The monoisotopic (exact) mass is 416 g/mol. The van der Waals surface area contributed by atoms with Crippen LogP contribution in [-0.4, -0.2) is 37.5 Å². The largest absolute Gasteiger partial charge is 0.482 e. The molecule has 0 aliphatic carbocycles. The van der Waals surface area contributed by atoms with Crippen LogP contribution in [0.25, 0.3) is 0 Å². The lowest BCUT2D eigenvalue weighted by molar-refractivity contribution is -0.148. The molecule has 3 rings (SSSR count). The van der Waals surface area contributed by atoms with Crippen molar-refractivity contribution in [1.82, 2.24) is 5.32 Å². The lowest BCUT2D eigenvalue weighted by Gasteiger charge is -2.28. The maximum absolute atomic E-state index is 12.1. The molecule has 2 aromatic rings. The van der Waals surface area contributed by atoms with Gasteiger partial charge in [0, 0.05) is 11.6 Å². The molecule has 1 aliphatic heterocycles. The molecule has 1 N–H and O–H groups in total. The first-order valence-corrected chi connectivity index (χ1v) is 9.55. The summed E-state index contributed by atoms with van der Waals surface area (Å²) in [7, 11) is 0. The first-order chi connectivity index (χ1) is 14.0. The summed E-state index contributed by atoms with van der Waals surface area (Å²) in [6.45, 7) is 1.47. The van der Waals surface area contributed by atoms with E-state index in [1.54, 1.807) is 37.3 Å². The number of fused-ring (bicyclic) bond motifs is 1. The number of nitrogens with zero attached hydrogens (tertiary/aromatic N) is 1. The normalized spacial score (nSPS) is 13.9. The van der Waals surface area contributed by atoms with Gasteiger partial charge in [0.1, 0.15) is 5.75 Å². The van der Waals surface area contributed by atoms with Crippen molar-refractivity contribution >= 4 is 35.1 Å². The van der Waals surface area contributed by atoms with Crippen LogP contribution in [-0.2, 0) is 19.1 Å². The van der Waals surface area contributed by atoms with E-state index in [0.29, 0.717) is 16.5 Å². The SMILES string of the molecule is C[C@@H](NC(=O)COC(=O)CCN1C(=O)COc2ccccc21)c1ccccc1Cl. The highest BCUT2D eigenvalue weighted by Gasteiger charge is 2.25. The Kier molecular flexibility index (Phi) is 6.72. The summed E-state index contributed by atoms with van der Waals surface area (Å²) in [5, 5.41) is 3.29. The van der Waals surface area contributed by atoms with Gasteiger partial charge in [-0.15, -0.1) is 0 Å². The molecule has 0 spiro atoms. The highest BCUT2D eigenvalue weighted by molar-refractivity contribution is 6.31. The van der Waals surface area contributed by atoms with Crippen LogP contribution >= 0.6 is 11.6 Å². The third-order valence-corrected chi connectivity index (χ3v) is 4.81. The van der Waals surface area contributed by atoms with Crippen LogP contribution in [0, 0.1) is 0 Å². The summed E-state index contributed by atoms with van der Waals surface area (Å²) in [5.74, 6) is -0.642. The molecule has 7 nitrogen and oxygen atoms in total. The molecule has 2 amide bonds. The fourth-order valence-electron chi connectivity index (χ4n) is 3.01. The molecule has 8 heteroatoms. The Morgan fingerprint density at radius 2 is 1.93 bits per heavy atom. The molecule has 0 unspecified atom stereocenters. The molecule has 0 aromatic heterocycles. The Hall–Kier alpha value is -3.06. The van der Waals surface area contributed by atoms with Gasteiger partial charge in [-0.3, -0.25) is 14.4 Å². The molecule has 29 heavy (non-hydrogen) atoms. The number of carbonyl (C=O) groups excluding carboxylic acids is 3. The van der Waals surface area contributed by atoms with Crippen molar-refractivity contribution in [2.75, 3.05) is 24.7 Å². The number of hydrogen-bond acceptors (Lipinski definition) is 5. The minimum Gasteiger partial charge on any atom is -0.482 e. The molecule has 1 atom stereocenters. The van der Waals surface area contributed by atoms with E-state index >= 15 is 0 Å². The van der Waals surface area contributed by atoms with Crippen molar-refractivity contribution in [3.63, 3.8) is 0 Å². The number of nitrogens with one attached hydrogen (secondary N) is 1. The maximum Gasteiger partial charge on any atom is 0.308 e. The van der Waals surface area contributed by atoms with Gasteiger partial charge in [0.05, 0.1) is 18.2 Å². The van der Waals surface area contributed by atoms with Gasteiger partial charge in [0.2, 0.25) is 0 Å². The van der Waals surface area contributed by atoms with Crippen LogP contribution in [0.3, 0.4) is 0 Å². The van der Waals surface area contributed by atoms with Crippen molar-refractivity contribution < 1.29 is 23.9 Å². The van der Waals surface area contributed by atoms with Gasteiger partial charge in [-0.25, -0.2) is 0 Å². The highest BCUT2D eigenvalue weighted by atomic mass is 35.5. The first kappa shape index (κ1) is 20.7. The average Bonchev–Trinajstić information content (AvgIpc) is 2.71. The number of amides is 2. The highest BCUT2D eigenvalue weighted by Crippen LogP contribution is 2.31. The van der Waals surface area contributed by atoms with Crippen molar-refractivity contribution in [2.45, 2.75) is 19.4 Å². The minimum absolute atomic E-state index is 0.0343. The number of anilines is 1. The van der Waals surface area contributed by atoms with Crippen LogP contribution in [0.4, 0.5) is 5.69 Å². The van der Waals surface area contributed by atoms with E-state index in [4.69, 9.17) is 21.1 Å². The van der Waals surface area contributed by atoms with Gasteiger partial charge in [-0.2, -0.15) is 0 Å². The summed E-state index contributed by atoms with van der Waals surface area (Å²) in [5.41, 5.74) is 1.39. The lowest BCUT2D eigenvalue weighted by Crippen LogP contribution is -2.40. The third-order valence-electron chi connectivity index (χ3n) is 4.46. The molecule has 1 aliphatic rings. The van der Waals surface area contributed by atoms with Gasteiger partial charge < -0.3 is 19.7 Å². The van der Waals surface area contributed by atoms with E-state index in [1.807, 2.05) is 18.2 Å². The second-order valence-corrected chi connectivity index (χ2v) is 6.93. The van der Waals surface area contributed by atoms with E-state index in [9.17, 15) is 14.4 Å². The van der Waals surface area contributed by atoms with Crippen molar-refractivity contribution in [3.8, 4) is 5.75 Å². The number of benzene rings is 2. The molecule has 0 saturated carbocycles. The summed E-state index contributed by atoms with van der Waals surface area (Å²) in [4.78, 5) is 37.7. The molecule has 1 heterocycles. The van der Waals surface area contributed by atoms with Crippen LogP contribution in [0.2, 0.25) is 5.02 Å². The van der Waals surface area contributed by atoms with E-state index < -0.39 is 18.5 Å². The second kappa shape index (κ2) is 9.43. The Morgan fingerprint density at radius 3 is 2.72 bits per heavy atom. The number of halogens is 1. The standard InChI is InChI=1S/C21H21ClN2O5/c1-14(15-6-2-3-7-16(15)22)23-19(25)12-29-21(27)10-11-24-17-8-4-5-9-18(17)28-13-20(24)26/h2-9,14H,10-13H2,1H3,(H,23,25)/t14-/m1/s1.